The first-order valence-electron chi connectivity index (χ1n) is 7.94. The number of barbiturate groups is 1. The van der Waals surface area contributed by atoms with E-state index in [1.807, 2.05) is 0 Å². The van der Waals surface area contributed by atoms with Gasteiger partial charge in [0.1, 0.15) is 6.42 Å². The van der Waals surface area contributed by atoms with Crippen molar-refractivity contribution in [2.75, 3.05) is 9.80 Å². The number of alkyl halides is 6. The molecule has 1 aliphatic rings. The zero-order valence-electron chi connectivity index (χ0n) is 14.2. The molecule has 0 bridgehead atoms. The van der Waals surface area contributed by atoms with Crippen LogP contribution in [0.5, 0.6) is 0 Å². The van der Waals surface area contributed by atoms with Crippen LogP contribution in [0.15, 0.2) is 48.5 Å². The molecule has 5 nitrogen and oxygen atoms in total. The van der Waals surface area contributed by atoms with Crippen LogP contribution in [0.25, 0.3) is 0 Å². The molecular weight excluding hydrogens is 406 g/mol. The van der Waals surface area contributed by atoms with E-state index in [1.54, 1.807) is 0 Å². The van der Waals surface area contributed by atoms with Gasteiger partial charge in [-0.2, -0.15) is 26.3 Å². The van der Waals surface area contributed by atoms with Crippen LogP contribution in [0.2, 0.25) is 0 Å². The smallest absolute Gasteiger partial charge is 0.273 e. The van der Waals surface area contributed by atoms with Crippen LogP contribution in [0.4, 0.5) is 42.5 Å². The van der Waals surface area contributed by atoms with Gasteiger partial charge in [0.05, 0.1) is 22.5 Å². The second-order valence-corrected chi connectivity index (χ2v) is 6.01. The molecule has 29 heavy (non-hydrogen) atoms. The van der Waals surface area contributed by atoms with Gasteiger partial charge >= 0.3 is 18.4 Å². The highest BCUT2D eigenvalue weighted by Crippen LogP contribution is 2.34. The standard InChI is InChI=1S/C18H10F6N2O3/c19-17(20,21)10-1-5-12(6-2-10)25-14(27)9-15(28)26(16(25)29)13-7-3-11(4-8-13)18(22,23)24/h1-8H,9H2. The number of amides is 4. The molecule has 0 saturated carbocycles. The summed E-state index contributed by atoms with van der Waals surface area (Å²) < 4.78 is 76.1. The van der Waals surface area contributed by atoms with Crippen LogP contribution >= 0.6 is 0 Å². The summed E-state index contributed by atoms with van der Waals surface area (Å²) in [5, 5.41) is 0. The van der Waals surface area contributed by atoms with Crippen molar-refractivity contribution in [3.05, 3.63) is 59.7 Å². The Hall–Kier alpha value is -3.37. The highest BCUT2D eigenvalue weighted by Gasteiger charge is 2.40. The van der Waals surface area contributed by atoms with Crippen molar-refractivity contribution in [3.63, 3.8) is 0 Å². The lowest BCUT2D eigenvalue weighted by Gasteiger charge is -2.32. The van der Waals surface area contributed by atoms with E-state index >= 15 is 0 Å². The summed E-state index contributed by atoms with van der Waals surface area (Å²) in [4.78, 5) is 38.0. The van der Waals surface area contributed by atoms with Gasteiger partial charge in [-0.1, -0.05) is 0 Å². The van der Waals surface area contributed by atoms with Gasteiger partial charge in [0.15, 0.2) is 0 Å². The number of benzene rings is 2. The van der Waals surface area contributed by atoms with Crippen molar-refractivity contribution >= 4 is 29.2 Å². The summed E-state index contributed by atoms with van der Waals surface area (Å²) in [5.74, 6) is -1.94. The van der Waals surface area contributed by atoms with Crippen LogP contribution in [0, 0.1) is 0 Å². The van der Waals surface area contributed by atoms with Gasteiger partial charge in [-0.05, 0) is 48.5 Å². The van der Waals surface area contributed by atoms with E-state index in [9.17, 15) is 40.7 Å². The normalized spacial score (nSPS) is 15.9. The van der Waals surface area contributed by atoms with Crippen molar-refractivity contribution < 1.29 is 40.7 Å². The number of carbonyl (C=O) groups is 3. The van der Waals surface area contributed by atoms with E-state index in [2.05, 4.69) is 0 Å². The molecule has 2 aromatic carbocycles. The van der Waals surface area contributed by atoms with Crippen LogP contribution < -0.4 is 9.80 Å². The molecule has 1 fully saturated rings. The Labute approximate surface area is 159 Å². The van der Waals surface area contributed by atoms with Crippen molar-refractivity contribution in [2.45, 2.75) is 18.8 Å². The van der Waals surface area contributed by atoms with Crippen molar-refractivity contribution in [1.29, 1.82) is 0 Å². The predicted octanol–water partition coefficient (Wildman–Crippen LogP) is 4.61. The molecule has 0 unspecified atom stereocenters. The van der Waals surface area contributed by atoms with E-state index in [0.717, 1.165) is 24.3 Å². The van der Waals surface area contributed by atoms with Crippen molar-refractivity contribution in [2.24, 2.45) is 0 Å². The minimum atomic E-state index is -4.63. The van der Waals surface area contributed by atoms with Gasteiger partial charge in [0, 0.05) is 0 Å². The molecule has 1 heterocycles. The number of hydrogen-bond acceptors (Lipinski definition) is 3. The van der Waals surface area contributed by atoms with Gasteiger partial charge in [-0.3, -0.25) is 9.59 Å². The molecule has 4 amide bonds. The maximum atomic E-state index is 12.7. The summed E-state index contributed by atoms with van der Waals surface area (Å²) in [6.07, 6.45) is -10.0. The van der Waals surface area contributed by atoms with Crippen LogP contribution in [0.1, 0.15) is 17.5 Å². The van der Waals surface area contributed by atoms with Gasteiger partial charge in [0.25, 0.3) is 0 Å². The molecule has 0 aliphatic carbocycles. The van der Waals surface area contributed by atoms with Gasteiger partial charge in [-0.15, -0.1) is 0 Å². The summed E-state index contributed by atoms with van der Waals surface area (Å²) in [5.41, 5.74) is -2.43. The number of hydrogen-bond donors (Lipinski definition) is 0. The second kappa shape index (κ2) is 6.90. The van der Waals surface area contributed by atoms with E-state index in [0.29, 0.717) is 34.1 Å². The Morgan fingerprint density at radius 3 is 1.17 bits per heavy atom. The molecule has 11 heteroatoms. The third-order valence-electron chi connectivity index (χ3n) is 4.09. The maximum Gasteiger partial charge on any atom is 0.416 e. The molecule has 0 aromatic heterocycles. The Morgan fingerprint density at radius 2 is 0.897 bits per heavy atom. The Morgan fingerprint density at radius 1 is 0.586 bits per heavy atom. The summed E-state index contributed by atoms with van der Waals surface area (Å²) in [6, 6.07) is 5.00. The number of rotatable bonds is 2. The highest BCUT2D eigenvalue weighted by molar-refractivity contribution is 6.35. The van der Waals surface area contributed by atoms with Crippen LogP contribution in [-0.4, -0.2) is 17.8 Å². The molecule has 0 atom stereocenters. The first-order chi connectivity index (χ1) is 13.4. The fraction of sp³-hybridized carbons (Fsp3) is 0.167. The van der Waals surface area contributed by atoms with E-state index < -0.39 is 47.7 Å². The van der Waals surface area contributed by atoms with Gasteiger partial charge in [-0.25, -0.2) is 14.6 Å². The average molecular weight is 416 g/mol. The number of nitrogens with zero attached hydrogens (tertiary/aromatic N) is 2. The fourth-order valence-corrected chi connectivity index (χ4v) is 2.71. The molecule has 0 N–H and O–H groups in total. The Bertz CT molecular complexity index is 888. The predicted molar refractivity (Wildman–Crippen MR) is 87.9 cm³/mol. The largest absolute Gasteiger partial charge is 0.416 e. The molecule has 2 aromatic rings. The number of urea groups is 1. The number of halogens is 6. The topological polar surface area (TPSA) is 57.7 Å². The third kappa shape index (κ3) is 3.93. The zero-order chi connectivity index (χ0) is 21.6. The summed E-state index contributed by atoms with van der Waals surface area (Å²) in [7, 11) is 0. The molecule has 152 valence electrons. The Balaban J connectivity index is 1.94. The lowest BCUT2D eigenvalue weighted by Crippen LogP contribution is -2.55. The van der Waals surface area contributed by atoms with Crippen LogP contribution in [0.3, 0.4) is 0 Å². The number of carbonyl (C=O) groups excluding carboxylic acids is 3. The molecule has 1 saturated heterocycles. The lowest BCUT2D eigenvalue weighted by molar-refractivity contribution is -0.138. The zero-order valence-corrected chi connectivity index (χ0v) is 14.2. The van der Waals surface area contributed by atoms with Crippen molar-refractivity contribution in [3.8, 4) is 0 Å². The van der Waals surface area contributed by atoms with Crippen molar-refractivity contribution in [1.82, 2.24) is 0 Å². The van der Waals surface area contributed by atoms with E-state index in [1.165, 1.54) is 0 Å². The first kappa shape index (κ1) is 20.4. The lowest BCUT2D eigenvalue weighted by atomic mass is 10.1. The van der Waals surface area contributed by atoms with Gasteiger partial charge < -0.3 is 0 Å². The van der Waals surface area contributed by atoms with Gasteiger partial charge in [0.2, 0.25) is 11.8 Å². The van der Waals surface area contributed by atoms with E-state index in [4.69, 9.17) is 0 Å². The molecule has 1 aliphatic heterocycles. The molecule has 3 rings (SSSR count). The summed E-state index contributed by atoms with van der Waals surface area (Å²) >= 11 is 0. The first-order valence-corrected chi connectivity index (χ1v) is 7.94. The second-order valence-electron chi connectivity index (χ2n) is 6.01. The highest BCUT2D eigenvalue weighted by atomic mass is 19.4. The summed E-state index contributed by atoms with van der Waals surface area (Å²) in [6.45, 7) is 0. The minimum absolute atomic E-state index is 0.211. The fourth-order valence-electron chi connectivity index (χ4n) is 2.71. The molecular formula is C18H10F6N2O3. The quantitative estimate of drug-likeness (QED) is 0.531. The number of anilines is 2. The molecule has 0 radical (unpaired) electrons. The van der Waals surface area contributed by atoms with E-state index in [-0.39, 0.29) is 11.4 Å². The third-order valence-corrected chi connectivity index (χ3v) is 4.09. The average Bonchev–Trinajstić information content (AvgIpc) is 2.60. The van der Waals surface area contributed by atoms with Crippen LogP contribution in [-0.2, 0) is 21.9 Å². The number of imide groups is 2. The SMILES string of the molecule is O=C1CC(=O)N(c2ccc(C(F)(F)F)cc2)C(=O)N1c1ccc(C(F)(F)F)cc1. The molecule has 0 spiro atoms. The Kier molecular flexibility index (Phi) is 4.85. The monoisotopic (exact) mass is 416 g/mol. The minimum Gasteiger partial charge on any atom is -0.273 e. The maximum absolute atomic E-state index is 12.7.